The summed E-state index contributed by atoms with van der Waals surface area (Å²) in [5.41, 5.74) is 1.36. The van der Waals surface area contributed by atoms with E-state index in [1.165, 1.54) is 24.8 Å². The monoisotopic (exact) mass is 244 g/mol. The second kappa shape index (κ2) is 6.19. The van der Waals surface area contributed by atoms with Gasteiger partial charge in [0, 0.05) is 18.1 Å². The van der Waals surface area contributed by atoms with Gasteiger partial charge < -0.3 is 0 Å². The van der Waals surface area contributed by atoms with Crippen LogP contribution in [0.25, 0.3) is 0 Å². The molecule has 0 aliphatic heterocycles. The van der Waals surface area contributed by atoms with E-state index in [0.29, 0.717) is 0 Å². The van der Waals surface area contributed by atoms with Crippen molar-refractivity contribution in [2.75, 3.05) is 5.33 Å². The van der Waals surface area contributed by atoms with E-state index in [4.69, 9.17) is 0 Å². The minimum atomic E-state index is 1.06. The Kier molecular flexibility index (Phi) is 5.13. The molecule has 0 amide bonds. The fourth-order valence-corrected chi connectivity index (χ4v) is 1.53. The summed E-state index contributed by atoms with van der Waals surface area (Å²) in [7, 11) is 0. The first kappa shape index (κ1) is 10.8. The molecular formula is C10H17BrN2. The molecule has 0 aliphatic carbocycles. The number of unbranched alkanes of at least 4 members (excludes halogenated alkanes) is 1. The molecule has 0 radical (unpaired) electrons. The lowest BCUT2D eigenvalue weighted by molar-refractivity contribution is 0.571. The summed E-state index contributed by atoms with van der Waals surface area (Å²) in [6.45, 7) is 3.26. The molecular weight excluding hydrogens is 228 g/mol. The van der Waals surface area contributed by atoms with Gasteiger partial charge in [-0.15, -0.1) is 0 Å². The molecule has 2 nitrogen and oxygen atoms in total. The van der Waals surface area contributed by atoms with Crippen molar-refractivity contribution in [3.05, 3.63) is 18.0 Å². The van der Waals surface area contributed by atoms with E-state index >= 15 is 0 Å². The van der Waals surface area contributed by atoms with Crippen molar-refractivity contribution in [2.45, 2.75) is 39.2 Å². The molecule has 0 unspecified atom stereocenters. The van der Waals surface area contributed by atoms with Gasteiger partial charge in [-0.2, -0.15) is 5.10 Å². The predicted octanol–water partition coefficient (Wildman–Crippen LogP) is 3.01. The molecule has 0 aliphatic rings. The van der Waals surface area contributed by atoms with E-state index in [1.807, 2.05) is 10.9 Å². The predicted molar refractivity (Wildman–Crippen MR) is 59.3 cm³/mol. The maximum Gasteiger partial charge on any atom is 0.0521 e. The van der Waals surface area contributed by atoms with Gasteiger partial charge in [0.05, 0.1) is 6.20 Å². The van der Waals surface area contributed by atoms with Crippen molar-refractivity contribution in [2.24, 2.45) is 0 Å². The molecule has 0 spiro atoms. The van der Waals surface area contributed by atoms with Crippen LogP contribution in [-0.2, 0) is 13.0 Å². The van der Waals surface area contributed by atoms with Crippen molar-refractivity contribution < 1.29 is 0 Å². The molecule has 74 valence electrons. The van der Waals surface area contributed by atoms with E-state index in [2.05, 4.69) is 34.1 Å². The van der Waals surface area contributed by atoms with Crippen LogP contribution in [0.4, 0.5) is 0 Å². The van der Waals surface area contributed by atoms with Crippen LogP contribution in [0.2, 0.25) is 0 Å². The van der Waals surface area contributed by atoms with Crippen molar-refractivity contribution in [3.63, 3.8) is 0 Å². The maximum absolute atomic E-state index is 4.31. The average molecular weight is 245 g/mol. The first-order valence-corrected chi connectivity index (χ1v) is 6.06. The molecule has 0 saturated heterocycles. The minimum Gasteiger partial charge on any atom is -0.272 e. The van der Waals surface area contributed by atoms with Gasteiger partial charge in [-0.25, -0.2) is 0 Å². The Morgan fingerprint density at radius 1 is 1.46 bits per heavy atom. The molecule has 0 N–H and O–H groups in total. The first-order valence-electron chi connectivity index (χ1n) is 4.94. The molecule has 0 aromatic carbocycles. The third-order valence-corrected chi connectivity index (χ3v) is 2.59. The van der Waals surface area contributed by atoms with Crippen molar-refractivity contribution in [1.82, 2.24) is 9.78 Å². The van der Waals surface area contributed by atoms with Crippen molar-refractivity contribution in [1.29, 1.82) is 0 Å². The van der Waals surface area contributed by atoms with Gasteiger partial charge >= 0.3 is 0 Å². The largest absolute Gasteiger partial charge is 0.272 e. The topological polar surface area (TPSA) is 17.8 Å². The lowest BCUT2D eigenvalue weighted by Gasteiger charge is -1.97. The second-order valence-corrected chi connectivity index (χ2v) is 4.05. The zero-order valence-electron chi connectivity index (χ0n) is 8.17. The summed E-state index contributed by atoms with van der Waals surface area (Å²) in [6.07, 6.45) is 8.93. The molecule has 0 saturated carbocycles. The Balaban J connectivity index is 2.34. The van der Waals surface area contributed by atoms with E-state index in [-0.39, 0.29) is 0 Å². The summed E-state index contributed by atoms with van der Waals surface area (Å²) < 4.78 is 2.05. The highest BCUT2D eigenvalue weighted by Crippen LogP contribution is 2.04. The third-order valence-electron chi connectivity index (χ3n) is 2.03. The lowest BCUT2D eigenvalue weighted by atomic mass is 10.2. The molecule has 1 heterocycles. The number of halogens is 1. The summed E-state index contributed by atoms with van der Waals surface area (Å²) in [4.78, 5) is 0. The van der Waals surface area contributed by atoms with Gasteiger partial charge in [0.25, 0.3) is 0 Å². The van der Waals surface area contributed by atoms with Crippen LogP contribution in [0, 0.1) is 0 Å². The second-order valence-electron chi connectivity index (χ2n) is 3.26. The minimum absolute atomic E-state index is 1.06. The molecule has 13 heavy (non-hydrogen) atoms. The van der Waals surface area contributed by atoms with Crippen LogP contribution >= 0.6 is 15.9 Å². The quantitative estimate of drug-likeness (QED) is 0.704. The Labute approximate surface area is 88.5 Å². The van der Waals surface area contributed by atoms with Gasteiger partial charge in [-0.3, -0.25) is 4.68 Å². The molecule has 1 aromatic heterocycles. The fourth-order valence-electron chi connectivity index (χ4n) is 1.25. The molecule has 0 fully saturated rings. The molecule has 3 heteroatoms. The maximum atomic E-state index is 4.31. The zero-order chi connectivity index (χ0) is 9.52. The highest BCUT2D eigenvalue weighted by atomic mass is 79.9. The van der Waals surface area contributed by atoms with Crippen molar-refractivity contribution in [3.8, 4) is 0 Å². The molecule has 1 aromatic rings. The molecule has 1 rings (SSSR count). The van der Waals surface area contributed by atoms with E-state index in [9.17, 15) is 0 Å². The number of aromatic nitrogens is 2. The summed E-state index contributed by atoms with van der Waals surface area (Å²) in [5.74, 6) is 0. The van der Waals surface area contributed by atoms with Crippen LogP contribution in [0.15, 0.2) is 12.4 Å². The van der Waals surface area contributed by atoms with Gasteiger partial charge in [0.2, 0.25) is 0 Å². The summed E-state index contributed by atoms with van der Waals surface area (Å²) in [6, 6.07) is 0. The average Bonchev–Trinajstić information content (AvgIpc) is 2.59. The number of aryl methyl sites for hydroxylation is 2. The van der Waals surface area contributed by atoms with Gasteiger partial charge in [0.15, 0.2) is 0 Å². The normalized spacial score (nSPS) is 10.6. The number of rotatable bonds is 6. The number of alkyl halides is 1. The third kappa shape index (κ3) is 3.94. The standard InChI is InChI=1S/C10H17BrN2/c1-2-3-7-13-9-10(8-12-13)5-4-6-11/h8-9H,2-7H2,1H3. The number of hydrogen-bond donors (Lipinski definition) is 0. The lowest BCUT2D eigenvalue weighted by Crippen LogP contribution is -1.97. The van der Waals surface area contributed by atoms with Crippen LogP contribution in [0.3, 0.4) is 0 Å². The summed E-state index contributed by atoms with van der Waals surface area (Å²) in [5, 5.41) is 5.38. The highest BCUT2D eigenvalue weighted by molar-refractivity contribution is 9.09. The number of hydrogen-bond acceptors (Lipinski definition) is 1. The summed E-state index contributed by atoms with van der Waals surface area (Å²) >= 11 is 3.43. The Bertz CT molecular complexity index is 210. The Hall–Kier alpha value is -0.310. The fraction of sp³-hybridized carbons (Fsp3) is 0.700. The van der Waals surface area contributed by atoms with E-state index in [0.717, 1.165) is 18.3 Å². The van der Waals surface area contributed by atoms with Crippen LogP contribution in [0.5, 0.6) is 0 Å². The van der Waals surface area contributed by atoms with E-state index < -0.39 is 0 Å². The van der Waals surface area contributed by atoms with Crippen LogP contribution < -0.4 is 0 Å². The first-order chi connectivity index (χ1) is 6.36. The van der Waals surface area contributed by atoms with Crippen LogP contribution in [0.1, 0.15) is 31.7 Å². The highest BCUT2D eigenvalue weighted by Gasteiger charge is 1.97. The van der Waals surface area contributed by atoms with Crippen molar-refractivity contribution >= 4 is 15.9 Å². The van der Waals surface area contributed by atoms with Crippen LogP contribution in [-0.4, -0.2) is 15.1 Å². The molecule has 0 bridgehead atoms. The Morgan fingerprint density at radius 2 is 2.31 bits per heavy atom. The smallest absolute Gasteiger partial charge is 0.0521 e. The van der Waals surface area contributed by atoms with Gasteiger partial charge in [-0.05, 0) is 24.8 Å². The van der Waals surface area contributed by atoms with E-state index in [1.54, 1.807) is 0 Å². The Morgan fingerprint density at radius 3 is 3.00 bits per heavy atom. The number of nitrogens with zero attached hydrogens (tertiary/aromatic N) is 2. The zero-order valence-corrected chi connectivity index (χ0v) is 9.76. The van der Waals surface area contributed by atoms with Gasteiger partial charge in [0.1, 0.15) is 0 Å². The SMILES string of the molecule is CCCCn1cc(CCCBr)cn1. The van der Waals surface area contributed by atoms with Gasteiger partial charge in [-0.1, -0.05) is 29.3 Å². The molecule has 0 atom stereocenters.